The van der Waals surface area contributed by atoms with Crippen LogP contribution in [0.1, 0.15) is 0 Å². The Balaban J connectivity index is 2.19. The van der Waals surface area contributed by atoms with E-state index in [1.165, 1.54) is 0 Å². The number of rotatable bonds is 1. The van der Waals surface area contributed by atoms with Gasteiger partial charge in [0, 0.05) is 5.56 Å². The smallest absolute Gasteiger partial charge is 0.175 e. The molecule has 0 amide bonds. The molecule has 4 nitrogen and oxygen atoms in total. The molecule has 2 heterocycles. The van der Waals surface area contributed by atoms with Crippen molar-refractivity contribution in [3.8, 4) is 11.4 Å². The molecule has 2 aromatic heterocycles. The molecule has 0 aliphatic rings. The summed E-state index contributed by atoms with van der Waals surface area (Å²) < 4.78 is 0. The third kappa shape index (κ3) is 1.36. The molecule has 0 fully saturated rings. The number of H-pyrrole nitrogens is 1. The van der Waals surface area contributed by atoms with Crippen molar-refractivity contribution < 1.29 is 0 Å². The lowest BCUT2D eigenvalue weighted by atomic mass is 10.2. The van der Waals surface area contributed by atoms with Crippen molar-refractivity contribution in [3.05, 3.63) is 42.9 Å². The maximum atomic E-state index is 4.35. The van der Waals surface area contributed by atoms with Crippen molar-refractivity contribution in [3.63, 3.8) is 0 Å². The lowest BCUT2D eigenvalue weighted by molar-refractivity contribution is 1.20. The Hall–Kier alpha value is -2.23. The summed E-state index contributed by atoms with van der Waals surface area (Å²) in [5.74, 6) is 0.695. The highest BCUT2D eigenvalue weighted by Crippen LogP contribution is 2.15. The predicted octanol–water partition coefficient (Wildman–Crippen LogP) is 1.82. The number of nitrogens with one attached hydrogen (secondary N) is 1. The number of aromatic nitrogens is 4. The summed E-state index contributed by atoms with van der Waals surface area (Å²) in [5, 5.41) is 0. The Kier molecular flexibility index (Phi) is 1.71. The minimum Gasteiger partial charge on any atom is -0.320 e. The van der Waals surface area contributed by atoms with Crippen LogP contribution in [0.2, 0.25) is 0 Å². The van der Waals surface area contributed by atoms with Crippen molar-refractivity contribution in [2.75, 3.05) is 0 Å². The number of aromatic amines is 1. The lowest BCUT2D eigenvalue weighted by Gasteiger charge is -1.97. The van der Waals surface area contributed by atoms with Gasteiger partial charge in [-0.15, -0.1) is 0 Å². The minimum absolute atomic E-state index is 0.695. The molecule has 0 aliphatic heterocycles. The molecule has 71 valence electrons. The highest BCUT2D eigenvalue weighted by atomic mass is 15.0. The molecular weight excluding hydrogens is 188 g/mol. The standard InChI is InChI=1S/C11H7N4/c1-2-4-8(5-3-1)10-12-6-9-11(15-10)14-7-13-9/h1-6H,(H,12,13,14,15). The molecule has 4 heteroatoms. The maximum absolute atomic E-state index is 4.35. The van der Waals surface area contributed by atoms with Crippen LogP contribution in [-0.4, -0.2) is 19.9 Å². The Labute approximate surface area is 86.0 Å². The highest BCUT2D eigenvalue weighted by Gasteiger charge is 2.03. The van der Waals surface area contributed by atoms with Crippen molar-refractivity contribution in [1.82, 2.24) is 19.9 Å². The maximum Gasteiger partial charge on any atom is 0.175 e. The Morgan fingerprint density at radius 2 is 2.00 bits per heavy atom. The van der Waals surface area contributed by atoms with Crippen LogP contribution in [0.3, 0.4) is 0 Å². The number of imidazole rings is 1. The number of fused-ring (bicyclic) bond motifs is 1. The molecule has 0 saturated heterocycles. The molecule has 0 saturated carbocycles. The summed E-state index contributed by atoms with van der Waals surface area (Å²) in [6, 6.07) is 9.83. The largest absolute Gasteiger partial charge is 0.320 e. The van der Waals surface area contributed by atoms with E-state index in [9.17, 15) is 0 Å². The van der Waals surface area contributed by atoms with Crippen molar-refractivity contribution in [1.29, 1.82) is 0 Å². The van der Waals surface area contributed by atoms with Gasteiger partial charge in [0.15, 0.2) is 17.8 Å². The summed E-state index contributed by atoms with van der Waals surface area (Å²) in [5.41, 5.74) is 2.44. The van der Waals surface area contributed by atoms with Gasteiger partial charge in [-0.05, 0) is 0 Å². The van der Waals surface area contributed by atoms with E-state index in [0.29, 0.717) is 11.5 Å². The summed E-state index contributed by atoms with van der Waals surface area (Å²) >= 11 is 0. The molecule has 15 heavy (non-hydrogen) atoms. The zero-order valence-electron chi connectivity index (χ0n) is 7.81. The van der Waals surface area contributed by atoms with Gasteiger partial charge in [0.05, 0.1) is 6.20 Å². The lowest BCUT2D eigenvalue weighted by Crippen LogP contribution is -1.88. The van der Waals surface area contributed by atoms with E-state index >= 15 is 0 Å². The topological polar surface area (TPSA) is 54.5 Å². The SMILES string of the molecule is [c]1nc2cnc(-c3ccccc3)nc2[nH]1. The van der Waals surface area contributed by atoms with E-state index in [2.05, 4.69) is 26.3 Å². The predicted molar refractivity (Wildman–Crippen MR) is 56.0 cm³/mol. The highest BCUT2D eigenvalue weighted by molar-refractivity contribution is 5.71. The second-order valence-corrected chi connectivity index (χ2v) is 3.14. The van der Waals surface area contributed by atoms with Crippen LogP contribution in [0.5, 0.6) is 0 Å². The molecule has 0 atom stereocenters. The summed E-state index contributed by atoms with van der Waals surface area (Å²) in [7, 11) is 0. The van der Waals surface area contributed by atoms with Crippen LogP contribution < -0.4 is 0 Å². The first-order chi connectivity index (χ1) is 7.43. The van der Waals surface area contributed by atoms with E-state index in [-0.39, 0.29) is 0 Å². The van der Waals surface area contributed by atoms with Gasteiger partial charge in [-0.3, -0.25) is 0 Å². The first-order valence-corrected chi connectivity index (χ1v) is 4.58. The van der Waals surface area contributed by atoms with Gasteiger partial charge in [-0.2, -0.15) is 0 Å². The number of nitrogens with zero attached hydrogens (tertiary/aromatic N) is 3. The Morgan fingerprint density at radius 3 is 2.87 bits per heavy atom. The average Bonchev–Trinajstić information content (AvgIpc) is 2.77. The van der Waals surface area contributed by atoms with Gasteiger partial charge < -0.3 is 4.98 Å². The number of hydrogen-bond donors (Lipinski definition) is 1. The number of hydrogen-bond acceptors (Lipinski definition) is 3. The van der Waals surface area contributed by atoms with E-state index < -0.39 is 0 Å². The van der Waals surface area contributed by atoms with Crippen LogP contribution in [-0.2, 0) is 0 Å². The van der Waals surface area contributed by atoms with Crippen LogP contribution in [0.4, 0.5) is 0 Å². The van der Waals surface area contributed by atoms with Crippen LogP contribution in [0, 0.1) is 6.33 Å². The Bertz CT molecular complexity index is 586. The fourth-order valence-corrected chi connectivity index (χ4v) is 1.42. The summed E-state index contributed by atoms with van der Waals surface area (Å²) in [4.78, 5) is 15.4. The molecule has 0 unspecified atom stereocenters. The van der Waals surface area contributed by atoms with Crippen LogP contribution >= 0.6 is 0 Å². The monoisotopic (exact) mass is 195 g/mol. The summed E-state index contributed by atoms with van der Waals surface area (Å²) in [6.45, 7) is 0. The normalized spacial score (nSPS) is 10.7. The first kappa shape index (κ1) is 8.11. The third-order valence-corrected chi connectivity index (χ3v) is 2.15. The molecule has 0 spiro atoms. The quantitative estimate of drug-likeness (QED) is 0.644. The van der Waals surface area contributed by atoms with Crippen LogP contribution in [0.25, 0.3) is 22.6 Å². The molecule has 3 rings (SSSR count). The van der Waals surface area contributed by atoms with E-state index in [4.69, 9.17) is 0 Å². The first-order valence-electron chi connectivity index (χ1n) is 4.58. The molecule has 1 N–H and O–H groups in total. The van der Waals surface area contributed by atoms with Crippen molar-refractivity contribution in [2.24, 2.45) is 0 Å². The molecule has 1 aromatic carbocycles. The summed E-state index contributed by atoms with van der Waals surface area (Å²) in [6.07, 6.45) is 4.33. The zero-order valence-corrected chi connectivity index (χ0v) is 7.81. The van der Waals surface area contributed by atoms with E-state index in [1.54, 1.807) is 6.20 Å². The van der Waals surface area contributed by atoms with Gasteiger partial charge in [0.1, 0.15) is 5.52 Å². The Morgan fingerprint density at radius 1 is 1.13 bits per heavy atom. The van der Waals surface area contributed by atoms with Gasteiger partial charge in [0.2, 0.25) is 0 Å². The molecular formula is C11H7N4. The fraction of sp³-hybridized carbons (Fsp3) is 0. The van der Waals surface area contributed by atoms with Gasteiger partial charge in [-0.25, -0.2) is 15.0 Å². The van der Waals surface area contributed by atoms with Gasteiger partial charge in [0.25, 0.3) is 0 Å². The second-order valence-electron chi connectivity index (χ2n) is 3.14. The van der Waals surface area contributed by atoms with E-state index in [0.717, 1.165) is 11.1 Å². The molecule has 0 bridgehead atoms. The van der Waals surface area contributed by atoms with Crippen molar-refractivity contribution in [2.45, 2.75) is 0 Å². The number of benzene rings is 1. The van der Waals surface area contributed by atoms with Crippen molar-refractivity contribution >= 4 is 11.2 Å². The molecule has 0 aliphatic carbocycles. The fourth-order valence-electron chi connectivity index (χ4n) is 1.42. The molecule has 1 radical (unpaired) electrons. The van der Waals surface area contributed by atoms with Gasteiger partial charge >= 0.3 is 0 Å². The molecule has 3 aromatic rings. The minimum atomic E-state index is 0.695. The van der Waals surface area contributed by atoms with Crippen LogP contribution in [0.15, 0.2) is 36.5 Å². The average molecular weight is 195 g/mol. The second kappa shape index (κ2) is 3.16. The van der Waals surface area contributed by atoms with Gasteiger partial charge in [-0.1, -0.05) is 30.3 Å². The van der Waals surface area contributed by atoms with E-state index in [1.807, 2.05) is 30.3 Å². The zero-order chi connectivity index (χ0) is 10.1. The third-order valence-electron chi connectivity index (χ3n) is 2.15.